The molecule has 1 saturated heterocycles. The fourth-order valence-corrected chi connectivity index (χ4v) is 2.86. The molecule has 4 heteroatoms. The van der Waals surface area contributed by atoms with Crippen molar-refractivity contribution in [1.29, 1.82) is 0 Å². The topological polar surface area (TPSA) is 25.2 Å². The Bertz CT molecular complexity index is 425. The van der Waals surface area contributed by atoms with Crippen LogP contribution in [-0.2, 0) is 0 Å². The first-order valence-corrected chi connectivity index (χ1v) is 6.98. The Morgan fingerprint density at radius 2 is 2.24 bits per heavy atom. The number of carbonyl (C=O) groups is 1. The third-order valence-electron chi connectivity index (χ3n) is 3.40. The normalized spacial score (nSPS) is 20.3. The molecule has 1 amide bonds. The van der Waals surface area contributed by atoms with E-state index in [1.54, 1.807) is 0 Å². The lowest BCUT2D eigenvalue weighted by atomic mass is 10.2. The summed E-state index contributed by atoms with van der Waals surface area (Å²) in [5.41, 5.74) is 0.792. The molecule has 1 unspecified atom stereocenters. The molecule has 0 spiro atoms. The first kappa shape index (κ1) is 12.7. The van der Waals surface area contributed by atoms with Crippen molar-refractivity contribution in [3.8, 4) is 0 Å². The molecule has 17 heavy (non-hydrogen) atoms. The van der Waals surface area contributed by atoms with Crippen LogP contribution in [0.3, 0.4) is 0 Å². The van der Waals surface area contributed by atoms with Crippen molar-refractivity contribution in [2.45, 2.75) is 45.7 Å². The van der Waals surface area contributed by atoms with Crippen molar-refractivity contribution in [2.75, 3.05) is 6.54 Å². The van der Waals surface area contributed by atoms with Crippen LogP contribution in [0.4, 0.5) is 0 Å². The van der Waals surface area contributed by atoms with E-state index in [1.807, 2.05) is 21.7 Å². The molecule has 0 aliphatic carbocycles. The summed E-state index contributed by atoms with van der Waals surface area (Å²) >= 11 is 3.45. The monoisotopic (exact) mass is 298 g/mol. The zero-order valence-corrected chi connectivity index (χ0v) is 12.2. The molecule has 0 bridgehead atoms. The first-order chi connectivity index (χ1) is 8.00. The van der Waals surface area contributed by atoms with E-state index in [0.717, 1.165) is 29.6 Å². The summed E-state index contributed by atoms with van der Waals surface area (Å²) in [5.74, 6) is 0.161. The molecule has 1 aromatic heterocycles. The summed E-state index contributed by atoms with van der Waals surface area (Å²) in [7, 11) is 0. The molecule has 1 fully saturated rings. The summed E-state index contributed by atoms with van der Waals surface area (Å²) in [4.78, 5) is 14.5. The third-order valence-corrected chi connectivity index (χ3v) is 3.84. The van der Waals surface area contributed by atoms with Gasteiger partial charge in [0, 0.05) is 29.3 Å². The van der Waals surface area contributed by atoms with Crippen LogP contribution >= 0.6 is 15.9 Å². The standard InChI is InChI=1S/C13H19BrN2O/c1-9(2)16-8-11(14)7-12(16)13(17)15-6-4-5-10(15)3/h7-10H,4-6H2,1-3H3. The van der Waals surface area contributed by atoms with Crippen LogP contribution in [0.5, 0.6) is 0 Å². The Morgan fingerprint density at radius 3 is 2.76 bits per heavy atom. The number of halogens is 1. The lowest BCUT2D eigenvalue weighted by Crippen LogP contribution is -2.35. The highest BCUT2D eigenvalue weighted by atomic mass is 79.9. The molecule has 2 rings (SSSR count). The summed E-state index contributed by atoms with van der Waals surface area (Å²) < 4.78 is 3.01. The van der Waals surface area contributed by atoms with Gasteiger partial charge in [0.05, 0.1) is 0 Å². The first-order valence-electron chi connectivity index (χ1n) is 6.19. The van der Waals surface area contributed by atoms with Gasteiger partial charge < -0.3 is 9.47 Å². The van der Waals surface area contributed by atoms with Crippen LogP contribution < -0.4 is 0 Å². The van der Waals surface area contributed by atoms with Gasteiger partial charge in [-0.05, 0) is 55.6 Å². The number of rotatable bonds is 2. The number of hydrogen-bond acceptors (Lipinski definition) is 1. The lowest BCUT2D eigenvalue weighted by Gasteiger charge is -2.23. The van der Waals surface area contributed by atoms with Crippen LogP contribution in [0.25, 0.3) is 0 Å². The highest BCUT2D eigenvalue weighted by Gasteiger charge is 2.28. The van der Waals surface area contributed by atoms with Gasteiger partial charge in [0.2, 0.25) is 0 Å². The largest absolute Gasteiger partial charge is 0.340 e. The van der Waals surface area contributed by atoms with Gasteiger partial charge in [-0.3, -0.25) is 4.79 Å². The Balaban J connectivity index is 2.30. The second-order valence-electron chi connectivity index (χ2n) is 5.03. The van der Waals surface area contributed by atoms with Gasteiger partial charge in [-0.2, -0.15) is 0 Å². The maximum atomic E-state index is 12.5. The second kappa shape index (κ2) is 4.84. The molecule has 0 radical (unpaired) electrons. The molecule has 3 nitrogen and oxygen atoms in total. The minimum Gasteiger partial charge on any atom is -0.340 e. The van der Waals surface area contributed by atoms with Crippen LogP contribution in [0.15, 0.2) is 16.7 Å². The van der Waals surface area contributed by atoms with Crippen molar-refractivity contribution in [3.05, 3.63) is 22.4 Å². The minimum absolute atomic E-state index is 0.161. The molecule has 94 valence electrons. The van der Waals surface area contributed by atoms with E-state index in [1.165, 1.54) is 0 Å². The van der Waals surface area contributed by atoms with Gasteiger partial charge in [0.15, 0.2) is 0 Å². The minimum atomic E-state index is 0.161. The third kappa shape index (κ3) is 2.41. The number of carbonyl (C=O) groups excluding carboxylic acids is 1. The molecule has 1 aliphatic heterocycles. The Morgan fingerprint density at radius 1 is 1.53 bits per heavy atom. The molecule has 1 atom stereocenters. The molecule has 2 heterocycles. The zero-order chi connectivity index (χ0) is 12.6. The van der Waals surface area contributed by atoms with Crippen molar-refractivity contribution >= 4 is 21.8 Å². The average molecular weight is 299 g/mol. The van der Waals surface area contributed by atoms with Crippen LogP contribution in [0.2, 0.25) is 0 Å². The van der Waals surface area contributed by atoms with Crippen LogP contribution in [0, 0.1) is 0 Å². The summed E-state index contributed by atoms with van der Waals surface area (Å²) in [6.45, 7) is 7.21. The van der Waals surface area contributed by atoms with Crippen molar-refractivity contribution in [3.63, 3.8) is 0 Å². The number of aromatic nitrogens is 1. The predicted octanol–water partition coefficient (Wildman–Crippen LogP) is 3.46. The molecule has 1 aliphatic rings. The highest BCUT2D eigenvalue weighted by Crippen LogP contribution is 2.24. The van der Waals surface area contributed by atoms with E-state index in [9.17, 15) is 4.79 Å². The van der Waals surface area contributed by atoms with Gasteiger partial charge >= 0.3 is 0 Å². The van der Waals surface area contributed by atoms with E-state index < -0.39 is 0 Å². The lowest BCUT2D eigenvalue weighted by molar-refractivity contribution is 0.0735. The summed E-state index contributed by atoms with van der Waals surface area (Å²) in [6.07, 6.45) is 4.23. The van der Waals surface area contributed by atoms with E-state index >= 15 is 0 Å². The Labute approximate surface area is 111 Å². The van der Waals surface area contributed by atoms with E-state index in [2.05, 4.69) is 36.7 Å². The van der Waals surface area contributed by atoms with E-state index in [0.29, 0.717) is 12.1 Å². The van der Waals surface area contributed by atoms with Gasteiger partial charge in [-0.15, -0.1) is 0 Å². The maximum absolute atomic E-state index is 12.5. The fraction of sp³-hybridized carbons (Fsp3) is 0.615. The van der Waals surface area contributed by atoms with Crippen molar-refractivity contribution in [2.24, 2.45) is 0 Å². The van der Waals surface area contributed by atoms with Gasteiger partial charge in [-0.25, -0.2) is 0 Å². The predicted molar refractivity (Wildman–Crippen MR) is 72.2 cm³/mol. The number of hydrogen-bond donors (Lipinski definition) is 0. The Hall–Kier alpha value is -0.770. The number of amides is 1. The zero-order valence-electron chi connectivity index (χ0n) is 10.6. The van der Waals surface area contributed by atoms with Gasteiger partial charge in [-0.1, -0.05) is 0 Å². The highest BCUT2D eigenvalue weighted by molar-refractivity contribution is 9.10. The molecular weight excluding hydrogens is 280 g/mol. The summed E-state index contributed by atoms with van der Waals surface area (Å²) in [6, 6.07) is 2.60. The smallest absolute Gasteiger partial charge is 0.270 e. The van der Waals surface area contributed by atoms with E-state index in [4.69, 9.17) is 0 Å². The van der Waals surface area contributed by atoms with E-state index in [-0.39, 0.29) is 5.91 Å². The maximum Gasteiger partial charge on any atom is 0.270 e. The molecular formula is C13H19BrN2O. The molecule has 1 aromatic rings. The average Bonchev–Trinajstić information content (AvgIpc) is 2.83. The van der Waals surface area contributed by atoms with Gasteiger partial charge in [0.1, 0.15) is 5.69 Å². The van der Waals surface area contributed by atoms with Crippen molar-refractivity contribution in [1.82, 2.24) is 9.47 Å². The Kier molecular flexibility index (Phi) is 3.61. The van der Waals surface area contributed by atoms with Crippen LogP contribution in [-0.4, -0.2) is 28.0 Å². The quantitative estimate of drug-likeness (QED) is 0.821. The second-order valence-corrected chi connectivity index (χ2v) is 5.95. The summed E-state index contributed by atoms with van der Waals surface area (Å²) in [5, 5.41) is 0. The molecule has 0 saturated carbocycles. The van der Waals surface area contributed by atoms with Crippen LogP contribution in [0.1, 0.15) is 50.1 Å². The van der Waals surface area contributed by atoms with Gasteiger partial charge in [0.25, 0.3) is 5.91 Å². The number of nitrogens with zero attached hydrogens (tertiary/aromatic N) is 2. The molecule has 0 N–H and O–H groups in total. The van der Waals surface area contributed by atoms with Crippen molar-refractivity contribution < 1.29 is 4.79 Å². The SMILES string of the molecule is CC1CCCN1C(=O)c1cc(Br)cn1C(C)C. The molecule has 0 aromatic carbocycles. The number of likely N-dealkylation sites (tertiary alicyclic amines) is 1. The fourth-order valence-electron chi connectivity index (χ4n) is 2.43.